The van der Waals surface area contributed by atoms with Gasteiger partial charge < -0.3 is 10.6 Å². The Morgan fingerprint density at radius 1 is 1.24 bits per heavy atom. The van der Waals surface area contributed by atoms with E-state index in [1.165, 1.54) is 12.1 Å². The number of hydrogen-bond donors (Lipinski definition) is 2. The Morgan fingerprint density at radius 2 is 1.88 bits per heavy atom. The second kappa shape index (κ2) is 4.09. The quantitative estimate of drug-likeness (QED) is 0.816. The predicted molar refractivity (Wildman–Crippen MR) is 68.4 cm³/mol. The molecule has 1 unspecified atom stereocenters. The van der Waals surface area contributed by atoms with E-state index >= 15 is 0 Å². The summed E-state index contributed by atoms with van der Waals surface area (Å²) < 4.78 is 12.7. The number of benzene rings is 1. The zero-order valence-electron chi connectivity index (χ0n) is 9.76. The minimum absolute atomic E-state index is 0.230. The lowest BCUT2D eigenvalue weighted by atomic mass is 9.99. The van der Waals surface area contributed by atoms with Crippen molar-refractivity contribution in [2.75, 3.05) is 0 Å². The molecule has 2 nitrogen and oxygen atoms in total. The molecule has 1 atom stereocenters. The van der Waals surface area contributed by atoms with Crippen molar-refractivity contribution in [3.05, 3.63) is 66.4 Å². The maximum absolute atomic E-state index is 12.7. The lowest BCUT2D eigenvalue weighted by Gasteiger charge is -2.19. The summed E-state index contributed by atoms with van der Waals surface area (Å²) in [6.07, 6.45) is 3.91. The second-order valence-corrected chi connectivity index (χ2v) is 4.29. The van der Waals surface area contributed by atoms with Crippen LogP contribution in [0.3, 0.4) is 0 Å². The van der Waals surface area contributed by atoms with Crippen LogP contribution in [0.2, 0.25) is 0 Å². The molecule has 0 spiro atoms. The van der Waals surface area contributed by atoms with E-state index in [1.54, 1.807) is 12.1 Å². The predicted octanol–water partition coefficient (Wildman–Crippen LogP) is 2.78. The Balaban J connectivity index is 2.18. The molecular formula is C14H15FN2. The van der Waals surface area contributed by atoms with Crippen molar-refractivity contribution >= 4 is 6.08 Å². The van der Waals surface area contributed by atoms with Gasteiger partial charge >= 0.3 is 0 Å². The van der Waals surface area contributed by atoms with E-state index in [4.69, 9.17) is 0 Å². The first-order chi connectivity index (χ1) is 7.99. The minimum atomic E-state index is -0.356. The summed E-state index contributed by atoms with van der Waals surface area (Å²) in [6, 6.07) is 6.34. The molecule has 1 saturated heterocycles. The average molecular weight is 230 g/mol. The fourth-order valence-corrected chi connectivity index (χ4v) is 1.71. The van der Waals surface area contributed by atoms with Crippen LogP contribution < -0.4 is 10.6 Å². The van der Waals surface area contributed by atoms with E-state index in [9.17, 15) is 4.39 Å². The molecule has 1 fully saturated rings. The zero-order valence-corrected chi connectivity index (χ0v) is 9.76. The van der Waals surface area contributed by atoms with Gasteiger partial charge in [0.05, 0.1) is 11.4 Å². The van der Waals surface area contributed by atoms with E-state index < -0.39 is 0 Å². The molecule has 1 aliphatic rings. The molecule has 88 valence electrons. The molecule has 2 rings (SSSR count). The molecule has 0 aliphatic carbocycles. The third-order valence-electron chi connectivity index (χ3n) is 2.82. The largest absolute Gasteiger partial charge is 0.358 e. The van der Waals surface area contributed by atoms with E-state index in [1.807, 2.05) is 19.1 Å². The number of rotatable bonds is 2. The molecule has 3 heteroatoms. The van der Waals surface area contributed by atoms with E-state index in [0.29, 0.717) is 0 Å². The number of halogens is 1. The summed E-state index contributed by atoms with van der Waals surface area (Å²) in [5, 5.41) is 6.24. The standard InChI is InChI=1S/C14H15FN2/c1-10-14(3,17-11(2)16-10)9-8-12-4-6-13(15)7-5-12/h4-9,16-17H,1-2H2,3H3/b9-8+. The summed E-state index contributed by atoms with van der Waals surface area (Å²) in [5.41, 5.74) is 1.44. The van der Waals surface area contributed by atoms with Crippen LogP contribution in [0.4, 0.5) is 4.39 Å². The number of nitrogens with one attached hydrogen (secondary N) is 2. The molecule has 0 bridgehead atoms. The normalized spacial score (nSPS) is 23.9. The molecule has 0 aromatic heterocycles. The highest BCUT2D eigenvalue weighted by Crippen LogP contribution is 2.23. The van der Waals surface area contributed by atoms with Gasteiger partial charge in [-0.3, -0.25) is 0 Å². The maximum atomic E-state index is 12.7. The minimum Gasteiger partial charge on any atom is -0.358 e. The van der Waals surface area contributed by atoms with Gasteiger partial charge in [-0.15, -0.1) is 0 Å². The molecule has 1 aromatic carbocycles. The average Bonchev–Trinajstić information content (AvgIpc) is 2.52. The van der Waals surface area contributed by atoms with Gasteiger partial charge in [0.1, 0.15) is 5.82 Å². The van der Waals surface area contributed by atoms with Gasteiger partial charge in [-0.25, -0.2) is 4.39 Å². The fraction of sp³-hybridized carbons (Fsp3) is 0.143. The van der Waals surface area contributed by atoms with Gasteiger partial charge in [0.2, 0.25) is 0 Å². The van der Waals surface area contributed by atoms with Crippen LogP contribution in [0.5, 0.6) is 0 Å². The Morgan fingerprint density at radius 3 is 2.41 bits per heavy atom. The maximum Gasteiger partial charge on any atom is 0.123 e. The topological polar surface area (TPSA) is 24.1 Å². The van der Waals surface area contributed by atoms with Crippen LogP contribution in [-0.4, -0.2) is 5.54 Å². The van der Waals surface area contributed by atoms with Crippen molar-refractivity contribution in [2.24, 2.45) is 0 Å². The van der Waals surface area contributed by atoms with Crippen LogP contribution in [0.25, 0.3) is 6.08 Å². The Labute approximate surface area is 101 Å². The third kappa shape index (κ3) is 2.38. The molecular weight excluding hydrogens is 215 g/mol. The molecule has 1 aromatic rings. The van der Waals surface area contributed by atoms with E-state index in [0.717, 1.165) is 17.1 Å². The molecule has 0 saturated carbocycles. The van der Waals surface area contributed by atoms with Gasteiger partial charge in [-0.1, -0.05) is 37.4 Å². The zero-order chi connectivity index (χ0) is 12.5. The monoisotopic (exact) mass is 230 g/mol. The van der Waals surface area contributed by atoms with Gasteiger partial charge in [0.25, 0.3) is 0 Å². The molecule has 17 heavy (non-hydrogen) atoms. The summed E-state index contributed by atoms with van der Waals surface area (Å²) in [7, 11) is 0. The van der Waals surface area contributed by atoms with Crippen molar-refractivity contribution in [2.45, 2.75) is 12.5 Å². The lowest BCUT2D eigenvalue weighted by molar-refractivity contribution is 0.621. The van der Waals surface area contributed by atoms with Gasteiger partial charge in [0, 0.05) is 5.70 Å². The van der Waals surface area contributed by atoms with E-state index in [-0.39, 0.29) is 11.4 Å². The molecule has 1 aliphatic heterocycles. The smallest absolute Gasteiger partial charge is 0.123 e. The first kappa shape index (κ1) is 11.5. The lowest BCUT2D eigenvalue weighted by Crippen LogP contribution is -2.34. The Hall–Kier alpha value is -2.03. The summed E-state index contributed by atoms with van der Waals surface area (Å²) in [4.78, 5) is 0. The highest BCUT2D eigenvalue weighted by atomic mass is 19.1. The Kier molecular flexibility index (Phi) is 2.76. The summed E-state index contributed by atoms with van der Waals surface area (Å²) >= 11 is 0. The first-order valence-corrected chi connectivity index (χ1v) is 5.38. The van der Waals surface area contributed by atoms with Crippen LogP contribution in [0.15, 0.2) is 55.0 Å². The molecule has 0 amide bonds. The van der Waals surface area contributed by atoms with Gasteiger partial charge in [0.15, 0.2) is 0 Å². The summed E-state index contributed by atoms with van der Waals surface area (Å²) in [5.74, 6) is 0.507. The fourth-order valence-electron chi connectivity index (χ4n) is 1.71. The molecule has 0 radical (unpaired) electrons. The van der Waals surface area contributed by atoms with Crippen LogP contribution in [-0.2, 0) is 0 Å². The summed E-state index contributed by atoms with van der Waals surface area (Å²) in [6.45, 7) is 9.74. The molecule has 2 N–H and O–H groups in total. The number of hydrogen-bond acceptors (Lipinski definition) is 2. The first-order valence-electron chi connectivity index (χ1n) is 5.38. The Bertz CT molecular complexity index is 487. The van der Waals surface area contributed by atoms with Crippen molar-refractivity contribution in [3.63, 3.8) is 0 Å². The SMILES string of the molecule is C=C1NC(=C)C(C)(/C=C/c2ccc(F)cc2)N1. The van der Waals surface area contributed by atoms with Crippen LogP contribution in [0.1, 0.15) is 12.5 Å². The van der Waals surface area contributed by atoms with Gasteiger partial charge in [-0.05, 0) is 24.6 Å². The van der Waals surface area contributed by atoms with E-state index in [2.05, 4.69) is 23.8 Å². The molecule has 1 heterocycles. The third-order valence-corrected chi connectivity index (χ3v) is 2.82. The van der Waals surface area contributed by atoms with Crippen molar-refractivity contribution in [1.82, 2.24) is 10.6 Å². The highest BCUT2D eigenvalue weighted by Gasteiger charge is 2.30. The van der Waals surface area contributed by atoms with Crippen LogP contribution in [0, 0.1) is 5.82 Å². The van der Waals surface area contributed by atoms with Crippen molar-refractivity contribution in [3.8, 4) is 0 Å². The van der Waals surface area contributed by atoms with Gasteiger partial charge in [-0.2, -0.15) is 0 Å². The van der Waals surface area contributed by atoms with Crippen LogP contribution >= 0.6 is 0 Å². The second-order valence-electron chi connectivity index (χ2n) is 4.29. The highest BCUT2D eigenvalue weighted by molar-refractivity contribution is 5.53. The van der Waals surface area contributed by atoms with Crippen molar-refractivity contribution < 1.29 is 4.39 Å². The van der Waals surface area contributed by atoms with Crippen molar-refractivity contribution in [1.29, 1.82) is 0 Å².